The van der Waals surface area contributed by atoms with Crippen molar-refractivity contribution in [2.24, 2.45) is 0 Å². The van der Waals surface area contributed by atoms with E-state index in [1.54, 1.807) is 56.7 Å². The molecule has 1 amide bonds. The molecule has 0 fully saturated rings. The van der Waals surface area contributed by atoms with E-state index in [9.17, 15) is 4.79 Å². The Morgan fingerprint density at radius 2 is 1.44 bits per heavy atom. The number of benzene rings is 3. The van der Waals surface area contributed by atoms with Gasteiger partial charge in [0.1, 0.15) is 24.7 Å². The highest BCUT2D eigenvalue weighted by Crippen LogP contribution is 2.29. The summed E-state index contributed by atoms with van der Waals surface area (Å²) in [5, 5.41) is 5.77. The second-order valence-corrected chi connectivity index (χ2v) is 6.92. The predicted molar refractivity (Wildman–Crippen MR) is 127 cm³/mol. The van der Waals surface area contributed by atoms with E-state index < -0.39 is 0 Å². The quantitative estimate of drug-likeness (QED) is 0.370. The van der Waals surface area contributed by atoms with Crippen LogP contribution in [0.5, 0.6) is 23.0 Å². The molecular weight excluding hydrogens is 428 g/mol. The number of carbonyl (C=O) groups is 1. The van der Waals surface area contributed by atoms with E-state index in [1.165, 1.54) is 0 Å². The van der Waals surface area contributed by atoms with Crippen LogP contribution in [0.2, 0.25) is 0 Å². The number of carbonyl (C=O) groups excluding carboxylic acids is 1. The van der Waals surface area contributed by atoms with Gasteiger partial charge in [-0.25, -0.2) is 0 Å². The molecule has 0 saturated carbocycles. The first-order valence-corrected chi connectivity index (χ1v) is 10.2. The number of ether oxygens (including phenoxy) is 4. The molecule has 3 rings (SSSR count). The van der Waals surface area contributed by atoms with Crippen molar-refractivity contribution >= 4 is 28.9 Å². The molecule has 0 saturated heterocycles. The van der Waals surface area contributed by atoms with Gasteiger partial charge in [-0.2, -0.15) is 0 Å². The second kappa shape index (κ2) is 11.6. The van der Waals surface area contributed by atoms with Gasteiger partial charge in [-0.05, 0) is 60.7 Å². The molecule has 3 aromatic rings. The average Bonchev–Trinajstić information content (AvgIpc) is 2.82. The van der Waals surface area contributed by atoms with Crippen LogP contribution in [0.4, 0.5) is 5.69 Å². The summed E-state index contributed by atoms with van der Waals surface area (Å²) in [6.07, 6.45) is 0. The van der Waals surface area contributed by atoms with E-state index in [4.69, 9.17) is 31.2 Å². The SMILES string of the molecule is COc1ccc(NC(=S)NC(=O)c2ccc(OCCOc3ccccc3)cc2)cc1OC. The lowest BCUT2D eigenvalue weighted by molar-refractivity contribution is 0.0977. The maximum Gasteiger partial charge on any atom is 0.257 e. The smallest absolute Gasteiger partial charge is 0.257 e. The Labute approximate surface area is 192 Å². The van der Waals surface area contributed by atoms with Crippen molar-refractivity contribution in [1.29, 1.82) is 0 Å². The standard InChI is InChI=1S/C24H24N2O5S/c1-28-21-13-10-18(16-22(21)29-2)25-24(32)26-23(27)17-8-11-20(12-9-17)31-15-14-30-19-6-4-3-5-7-19/h3-13,16H,14-15H2,1-2H3,(H2,25,26,27,32). The summed E-state index contributed by atoms with van der Waals surface area (Å²) < 4.78 is 21.7. The monoisotopic (exact) mass is 452 g/mol. The largest absolute Gasteiger partial charge is 0.493 e. The van der Waals surface area contributed by atoms with Gasteiger partial charge in [0.25, 0.3) is 5.91 Å². The average molecular weight is 453 g/mol. The van der Waals surface area contributed by atoms with Crippen LogP contribution in [0, 0.1) is 0 Å². The number of para-hydroxylation sites is 1. The van der Waals surface area contributed by atoms with E-state index in [-0.39, 0.29) is 11.0 Å². The highest BCUT2D eigenvalue weighted by atomic mass is 32.1. The van der Waals surface area contributed by atoms with Crippen LogP contribution in [-0.2, 0) is 0 Å². The van der Waals surface area contributed by atoms with Crippen LogP contribution in [0.25, 0.3) is 0 Å². The number of thiocarbonyl (C=S) groups is 1. The Balaban J connectivity index is 1.46. The third-order valence-electron chi connectivity index (χ3n) is 4.35. The first kappa shape index (κ1) is 22.9. The first-order valence-electron chi connectivity index (χ1n) is 9.84. The number of nitrogens with one attached hydrogen (secondary N) is 2. The molecule has 0 aliphatic rings. The summed E-state index contributed by atoms with van der Waals surface area (Å²) in [7, 11) is 3.11. The van der Waals surface area contributed by atoms with Gasteiger partial charge in [-0.3, -0.25) is 10.1 Å². The van der Waals surface area contributed by atoms with Gasteiger partial charge < -0.3 is 24.3 Å². The van der Waals surface area contributed by atoms with Crippen molar-refractivity contribution in [2.75, 3.05) is 32.8 Å². The number of rotatable bonds is 9. The van der Waals surface area contributed by atoms with Crippen LogP contribution in [0.1, 0.15) is 10.4 Å². The summed E-state index contributed by atoms with van der Waals surface area (Å²) in [6, 6.07) is 21.6. The molecule has 0 atom stereocenters. The second-order valence-electron chi connectivity index (χ2n) is 6.51. The van der Waals surface area contributed by atoms with E-state index in [0.29, 0.717) is 41.7 Å². The van der Waals surface area contributed by atoms with Gasteiger partial charge in [-0.1, -0.05) is 18.2 Å². The lowest BCUT2D eigenvalue weighted by Crippen LogP contribution is -2.34. The fourth-order valence-corrected chi connectivity index (χ4v) is 3.00. The van der Waals surface area contributed by atoms with Crippen molar-refractivity contribution < 1.29 is 23.7 Å². The zero-order valence-corrected chi connectivity index (χ0v) is 18.6. The van der Waals surface area contributed by atoms with Crippen LogP contribution in [0.15, 0.2) is 72.8 Å². The van der Waals surface area contributed by atoms with Gasteiger partial charge in [0.15, 0.2) is 16.6 Å². The van der Waals surface area contributed by atoms with Crippen molar-refractivity contribution in [3.63, 3.8) is 0 Å². The molecular formula is C24H24N2O5S. The minimum absolute atomic E-state index is 0.167. The Morgan fingerprint density at radius 1 is 0.812 bits per heavy atom. The molecule has 0 aromatic heterocycles. The van der Waals surface area contributed by atoms with Gasteiger partial charge >= 0.3 is 0 Å². The lowest BCUT2D eigenvalue weighted by Gasteiger charge is -2.13. The number of hydrogen-bond donors (Lipinski definition) is 2. The predicted octanol–water partition coefficient (Wildman–Crippen LogP) is 4.29. The Kier molecular flexibility index (Phi) is 8.28. The summed E-state index contributed by atoms with van der Waals surface area (Å²) in [5.74, 6) is 2.25. The Bertz CT molecular complexity index is 1040. The molecule has 32 heavy (non-hydrogen) atoms. The summed E-state index contributed by atoms with van der Waals surface area (Å²) in [4.78, 5) is 12.5. The van der Waals surface area contributed by atoms with Crippen LogP contribution >= 0.6 is 12.2 Å². The van der Waals surface area contributed by atoms with E-state index >= 15 is 0 Å². The molecule has 166 valence electrons. The molecule has 3 aromatic carbocycles. The molecule has 2 N–H and O–H groups in total. The number of hydrogen-bond acceptors (Lipinski definition) is 6. The van der Waals surface area contributed by atoms with Crippen molar-refractivity contribution in [3.8, 4) is 23.0 Å². The topological polar surface area (TPSA) is 78.1 Å². The fourth-order valence-electron chi connectivity index (χ4n) is 2.79. The summed E-state index contributed by atoms with van der Waals surface area (Å²) >= 11 is 5.24. The van der Waals surface area contributed by atoms with Gasteiger partial charge in [0, 0.05) is 17.3 Å². The highest BCUT2D eigenvalue weighted by Gasteiger charge is 2.10. The van der Waals surface area contributed by atoms with Crippen molar-refractivity contribution in [1.82, 2.24) is 5.32 Å². The van der Waals surface area contributed by atoms with E-state index in [0.717, 1.165) is 5.75 Å². The summed E-state index contributed by atoms with van der Waals surface area (Å²) in [5.41, 5.74) is 1.11. The third kappa shape index (κ3) is 6.61. The van der Waals surface area contributed by atoms with Crippen LogP contribution in [-0.4, -0.2) is 38.5 Å². The maximum absolute atomic E-state index is 12.5. The van der Waals surface area contributed by atoms with E-state index in [1.807, 2.05) is 30.3 Å². The Morgan fingerprint density at radius 3 is 2.06 bits per heavy atom. The van der Waals surface area contributed by atoms with Gasteiger partial charge in [0.05, 0.1) is 14.2 Å². The van der Waals surface area contributed by atoms with Crippen LogP contribution in [0.3, 0.4) is 0 Å². The third-order valence-corrected chi connectivity index (χ3v) is 4.55. The number of methoxy groups -OCH3 is 2. The molecule has 0 unspecified atom stereocenters. The summed E-state index contributed by atoms with van der Waals surface area (Å²) in [6.45, 7) is 0.808. The van der Waals surface area contributed by atoms with Crippen molar-refractivity contribution in [3.05, 3.63) is 78.4 Å². The lowest BCUT2D eigenvalue weighted by atomic mass is 10.2. The number of anilines is 1. The van der Waals surface area contributed by atoms with E-state index in [2.05, 4.69) is 10.6 Å². The van der Waals surface area contributed by atoms with Gasteiger partial charge in [0.2, 0.25) is 0 Å². The van der Waals surface area contributed by atoms with Crippen molar-refractivity contribution in [2.45, 2.75) is 0 Å². The Hall–Kier alpha value is -3.78. The fraction of sp³-hybridized carbons (Fsp3) is 0.167. The molecule has 8 heteroatoms. The normalized spacial score (nSPS) is 10.1. The molecule has 0 bridgehead atoms. The molecule has 7 nitrogen and oxygen atoms in total. The first-order chi connectivity index (χ1) is 15.6. The minimum Gasteiger partial charge on any atom is -0.493 e. The minimum atomic E-state index is -0.332. The van der Waals surface area contributed by atoms with Crippen LogP contribution < -0.4 is 29.6 Å². The van der Waals surface area contributed by atoms with Gasteiger partial charge in [-0.15, -0.1) is 0 Å². The maximum atomic E-state index is 12.5. The molecule has 0 radical (unpaired) electrons. The number of amides is 1. The highest BCUT2D eigenvalue weighted by molar-refractivity contribution is 7.80. The zero-order valence-electron chi connectivity index (χ0n) is 17.8. The zero-order chi connectivity index (χ0) is 22.8. The molecule has 0 aliphatic carbocycles. The molecule has 0 spiro atoms. The molecule has 0 aliphatic heterocycles. The molecule has 0 heterocycles.